The largest absolute Gasteiger partial charge is 0.497 e. The van der Waals surface area contributed by atoms with Gasteiger partial charge in [-0.25, -0.2) is 4.79 Å². The molecular weight excluding hydrogens is 380 g/mol. The summed E-state index contributed by atoms with van der Waals surface area (Å²) in [5, 5.41) is 5.62. The topological polar surface area (TPSA) is 76.7 Å². The summed E-state index contributed by atoms with van der Waals surface area (Å²) in [7, 11) is 1.59. The first-order chi connectivity index (χ1) is 14.2. The third kappa shape index (κ3) is 8.82. The van der Waals surface area contributed by atoms with Crippen molar-refractivity contribution < 1.29 is 21.9 Å². The molecule has 2 rings (SSSR count). The molecule has 0 radical (unpaired) electrons. The van der Waals surface area contributed by atoms with Crippen molar-refractivity contribution in [2.24, 2.45) is 0 Å². The molecule has 0 saturated heterocycles. The fourth-order valence-corrected chi connectivity index (χ4v) is 2.70. The van der Waals surface area contributed by atoms with Crippen LogP contribution in [0, 0.1) is 0 Å². The summed E-state index contributed by atoms with van der Waals surface area (Å²) in [6.45, 7) is 5.43. The molecular formula is C24H34N2O4. The van der Waals surface area contributed by atoms with Gasteiger partial charge in [-0.3, -0.25) is 4.79 Å². The summed E-state index contributed by atoms with van der Waals surface area (Å²) in [5.41, 5.74) is 1.22. The second-order valence-electron chi connectivity index (χ2n) is 7.85. The van der Waals surface area contributed by atoms with Crippen molar-refractivity contribution in [2.45, 2.75) is 45.3 Å². The lowest BCUT2D eigenvalue weighted by Crippen LogP contribution is -2.38. The minimum atomic E-state index is -0.594. The molecule has 0 unspecified atom stereocenters. The van der Waals surface area contributed by atoms with Crippen molar-refractivity contribution in [3.8, 4) is 5.75 Å². The zero-order valence-corrected chi connectivity index (χ0v) is 18.0. The maximum absolute atomic E-state index is 12.3. The van der Waals surface area contributed by atoms with Gasteiger partial charge in [0.05, 0.1) is 13.2 Å². The van der Waals surface area contributed by atoms with Crippen LogP contribution >= 0.6 is 0 Å². The molecule has 2 amide bonds. The highest BCUT2D eigenvalue weighted by molar-refractivity contribution is 5.99. The molecule has 164 valence electrons. The first-order valence-corrected chi connectivity index (χ1v) is 9.92. The van der Waals surface area contributed by atoms with E-state index in [2.05, 4.69) is 10.6 Å². The summed E-state index contributed by atoms with van der Waals surface area (Å²) in [6.07, 6.45) is 3.99. The summed E-state index contributed by atoms with van der Waals surface area (Å²) in [5.74, 6) is 0.432. The zero-order chi connectivity index (χ0) is 22.0. The van der Waals surface area contributed by atoms with Crippen molar-refractivity contribution in [3.63, 3.8) is 0 Å². The second-order valence-corrected chi connectivity index (χ2v) is 7.85. The Labute approximate surface area is 181 Å². The van der Waals surface area contributed by atoms with E-state index in [-0.39, 0.29) is 14.8 Å². The van der Waals surface area contributed by atoms with Crippen LogP contribution in [0.5, 0.6) is 5.75 Å². The fraction of sp³-hybridized carbons (Fsp3) is 0.333. The molecule has 6 heteroatoms. The molecule has 0 fully saturated rings. The van der Waals surface area contributed by atoms with Gasteiger partial charge in [-0.05, 0) is 63.4 Å². The number of hydrogen-bond donors (Lipinski definition) is 2. The third-order valence-electron chi connectivity index (χ3n) is 4.13. The summed E-state index contributed by atoms with van der Waals surface area (Å²) >= 11 is 0. The first-order valence-electron chi connectivity index (χ1n) is 9.92. The summed E-state index contributed by atoms with van der Waals surface area (Å²) < 4.78 is 10.5. The van der Waals surface area contributed by atoms with E-state index in [0.29, 0.717) is 17.9 Å². The molecule has 30 heavy (non-hydrogen) atoms. The van der Waals surface area contributed by atoms with Crippen LogP contribution in [0.2, 0.25) is 0 Å². The van der Waals surface area contributed by atoms with Crippen LogP contribution in [0.25, 0.3) is 0 Å². The van der Waals surface area contributed by atoms with Gasteiger partial charge in [0, 0.05) is 14.6 Å². The highest BCUT2D eigenvalue weighted by Crippen LogP contribution is 2.15. The molecule has 0 heterocycles. The molecule has 2 aromatic rings. The second kappa shape index (κ2) is 11.0. The van der Waals surface area contributed by atoms with Crippen LogP contribution in [0.1, 0.15) is 35.6 Å². The van der Waals surface area contributed by atoms with Gasteiger partial charge in [0.2, 0.25) is 5.91 Å². The standard InChI is InChI=1S/C24H30N2O4.2H2/c1-24(2,3)30-23(28)26-20(11-10-18-8-6-5-7-9-18)14-17-22(27)25-19-12-15-21(29-4)16-13-19;;/h5-9,12-17,20H,10-11H2,1-4H3,(H,25,27)(H,26,28);2*1H/b17-14+;;/t20-;;/m0../s1. The Morgan fingerprint density at radius 2 is 1.73 bits per heavy atom. The average Bonchev–Trinajstić information content (AvgIpc) is 2.70. The quantitative estimate of drug-likeness (QED) is 0.582. The van der Waals surface area contributed by atoms with Crippen LogP contribution in [-0.4, -0.2) is 30.8 Å². The number of carbonyl (C=O) groups excluding carboxylic acids is 2. The predicted octanol–water partition coefficient (Wildman–Crippen LogP) is 5.21. The van der Waals surface area contributed by atoms with Crippen LogP contribution in [-0.2, 0) is 16.0 Å². The number of ether oxygens (including phenoxy) is 2. The van der Waals surface area contributed by atoms with Crippen molar-refractivity contribution >= 4 is 17.7 Å². The average molecular weight is 415 g/mol. The molecule has 0 bridgehead atoms. The zero-order valence-electron chi connectivity index (χ0n) is 18.0. The fourth-order valence-electron chi connectivity index (χ4n) is 2.70. The van der Waals surface area contributed by atoms with Gasteiger partial charge in [-0.15, -0.1) is 0 Å². The lowest BCUT2D eigenvalue weighted by Gasteiger charge is -2.22. The van der Waals surface area contributed by atoms with E-state index in [1.54, 1.807) is 37.5 Å². The van der Waals surface area contributed by atoms with Crippen molar-refractivity contribution in [3.05, 3.63) is 72.3 Å². The van der Waals surface area contributed by atoms with Gasteiger partial charge < -0.3 is 20.1 Å². The van der Waals surface area contributed by atoms with Gasteiger partial charge in [0.25, 0.3) is 0 Å². The number of alkyl carbamates (subject to hydrolysis) is 1. The Kier molecular flexibility index (Phi) is 8.47. The molecule has 0 aliphatic rings. The molecule has 0 aliphatic carbocycles. The smallest absolute Gasteiger partial charge is 0.408 e. The van der Waals surface area contributed by atoms with Crippen molar-refractivity contribution in [1.29, 1.82) is 0 Å². The molecule has 0 aliphatic heterocycles. The number of rotatable bonds is 8. The summed E-state index contributed by atoms with van der Waals surface area (Å²) in [6, 6.07) is 16.7. The number of aryl methyl sites for hydroxylation is 1. The summed E-state index contributed by atoms with van der Waals surface area (Å²) in [4.78, 5) is 24.5. The van der Waals surface area contributed by atoms with Gasteiger partial charge in [0.1, 0.15) is 11.4 Å². The minimum Gasteiger partial charge on any atom is -0.497 e. The number of anilines is 1. The molecule has 1 atom stereocenters. The Hall–Kier alpha value is -3.28. The van der Waals surface area contributed by atoms with E-state index >= 15 is 0 Å². The Morgan fingerprint density at radius 1 is 1.07 bits per heavy atom. The Balaban J connectivity index is 0.00000480. The monoisotopic (exact) mass is 414 g/mol. The maximum Gasteiger partial charge on any atom is 0.408 e. The maximum atomic E-state index is 12.3. The van der Waals surface area contributed by atoms with E-state index in [0.717, 1.165) is 12.0 Å². The van der Waals surface area contributed by atoms with Gasteiger partial charge in [-0.2, -0.15) is 0 Å². The lowest BCUT2D eigenvalue weighted by molar-refractivity contribution is -0.111. The molecule has 2 aromatic carbocycles. The molecule has 0 spiro atoms. The van der Waals surface area contributed by atoms with Gasteiger partial charge >= 0.3 is 6.09 Å². The molecule has 6 nitrogen and oxygen atoms in total. The highest BCUT2D eigenvalue weighted by atomic mass is 16.6. The number of benzene rings is 2. The molecule has 0 saturated carbocycles. The van der Waals surface area contributed by atoms with Gasteiger partial charge in [0.15, 0.2) is 0 Å². The van der Waals surface area contributed by atoms with Crippen LogP contribution in [0.3, 0.4) is 0 Å². The number of nitrogens with one attached hydrogen (secondary N) is 2. The Bertz CT molecular complexity index is 851. The normalized spacial score (nSPS) is 12.3. The number of hydrogen-bond acceptors (Lipinski definition) is 4. The SMILES string of the molecule is COc1ccc(NC(=O)/C=C/[C@H](CCc2ccccc2)NC(=O)OC(C)(C)C)cc1.[HH].[HH]. The minimum absolute atomic E-state index is 0. The first kappa shape index (κ1) is 23.0. The number of methoxy groups -OCH3 is 1. The lowest BCUT2D eigenvalue weighted by atomic mass is 10.0. The molecule has 2 N–H and O–H groups in total. The van der Waals surface area contributed by atoms with Gasteiger partial charge in [-0.1, -0.05) is 36.4 Å². The van der Waals surface area contributed by atoms with Crippen LogP contribution in [0.4, 0.5) is 10.5 Å². The van der Waals surface area contributed by atoms with E-state index < -0.39 is 11.7 Å². The van der Waals surface area contributed by atoms with E-state index in [9.17, 15) is 9.59 Å². The number of amides is 2. The van der Waals surface area contributed by atoms with E-state index in [1.807, 2.05) is 51.1 Å². The predicted molar refractivity (Wildman–Crippen MR) is 123 cm³/mol. The Morgan fingerprint density at radius 3 is 2.33 bits per heavy atom. The third-order valence-corrected chi connectivity index (χ3v) is 4.13. The number of carbonyl (C=O) groups is 2. The van der Waals surface area contributed by atoms with Crippen molar-refractivity contribution in [2.75, 3.05) is 12.4 Å². The van der Waals surface area contributed by atoms with E-state index in [1.165, 1.54) is 6.08 Å². The van der Waals surface area contributed by atoms with Crippen LogP contribution in [0.15, 0.2) is 66.7 Å². The van der Waals surface area contributed by atoms with Crippen LogP contribution < -0.4 is 15.4 Å². The highest BCUT2D eigenvalue weighted by Gasteiger charge is 2.18. The van der Waals surface area contributed by atoms with Crippen molar-refractivity contribution in [1.82, 2.24) is 5.32 Å². The van der Waals surface area contributed by atoms with E-state index in [4.69, 9.17) is 9.47 Å². The molecule has 0 aromatic heterocycles.